The smallest absolute Gasteiger partial charge is 0.433 e. The molecule has 12 heteroatoms. The maximum Gasteiger partial charge on any atom is 0.433 e. The molecule has 0 aliphatic heterocycles. The van der Waals surface area contributed by atoms with E-state index in [1.807, 2.05) is 38.1 Å². The van der Waals surface area contributed by atoms with Crippen molar-refractivity contribution >= 4 is 28.9 Å². The Kier molecular flexibility index (Phi) is 6.09. The van der Waals surface area contributed by atoms with Crippen molar-refractivity contribution < 1.29 is 27.5 Å². The number of hydrogen-bond acceptors (Lipinski definition) is 7. The first kappa shape index (κ1) is 22.4. The minimum absolute atomic E-state index is 0.0934. The van der Waals surface area contributed by atoms with Crippen LogP contribution in [0.1, 0.15) is 21.1 Å². The molecule has 0 unspecified atom stereocenters. The molecule has 0 radical (unpaired) electrons. The largest absolute Gasteiger partial charge is 0.846 e. The predicted molar refractivity (Wildman–Crippen MR) is 113 cm³/mol. The number of benzene rings is 1. The zero-order valence-corrected chi connectivity index (χ0v) is 18.2. The van der Waals surface area contributed by atoms with Crippen molar-refractivity contribution in [3.63, 3.8) is 0 Å². The van der Waals surface area contributed by atoms with Gasteiger partial charge < -0.3 is 10.4 Å². The number of alkyl halides is 3. The highest BCUT2D eigenvalue weighted by molar-refractivity contribution is 7.11. The third-order valence-corrected chi connectivity index (χ3v) is 5.37. The number of nitrogens with zero attached hydrogens (tertiary/aromatic N) is 5. The summed E-state index contributed by atoms with van der Waals surface area (Å²) in [5.41, 5.74) is 1.70. The molecule has 0 aliphatic rings. The summed E-state index contributed by atoms with van der Waals surface area (Å²) in [6.07, 6.45) is -2.26. The van der Waals surface area contributed by atoms with Gasteiger partial charge in [-0.1, -0.05) is 24.3 Å². The molecule has 4 rings (SSSR count). The summed E-state index contributed by atoms with van der Waals surface area (Å²) in [5.74, 6) is -0.0946. The number of amidine groups is 1. The van der Waals surface area contributed by atoms with Crippen molar-refractivity contribution in [3.05, 3.63) is 69.9 Å². The van der Waals surface area contributed by atoms with Gasteiger partial charge in [0.2, 0.25) is 11.8 Å². The predicted octanol–water partition coefficient (Wildman–Crippen LogP) is 3.62. The highest BCUT2D eigenvalue weighted by Crippen LogP contribution is 2.29. The van der Waals surface area contributed by atoms with Crippen molar-refractivity contribution in [2.24, 2.45) is 4.99 Å². The van der Waals surface area contributed by atoms with Gasteiger partial charge in [-0.15, -0.1) is 11.3 Å². The molecular weight excluding hydrogens is 457 g/mol. The van der Waals surface area contributed by atoms with E-state index in [9.17, 15) is 18.3 Å². The molecule has 0 aliphatic carbocycles. The van der Waals surface area contributed by atoms with E-state index in [0.717, 1.165) is 32.9 Å². The molecule has 0 spiro atoms. The standard InChI is InChI=1S/C21H17F3N6O2S/c1-12-19(26-13(2)33-12)15-5-3-14(4-6-15)10-30-11-18(32-29-30)28-20(31)27-16-7-8-25-17(9-16)21(22,23)24/h3-9,11H,10H2,1-2H3,(H-,25,27,28,29,31). The number of thiazole rings is 1. The van der Waals surface area contributed by atoms with Crippen LogP contribution in [0.3, 0.4) is 0 Å². The Morgan fingerprint density at radius 1 is 1.21 bits per heavy atom. The third kappa shape index (κ3) is 5.52. The second-order valence-electron chi connectivity index (χ2n) is 7.04. The SMILES string of the molecule is Cc1nc(-c2ccc(C[n+]3cc(/N=C(\[O-])Nc4ccnc(C(F)(F)F)c4)on3)cc2)c(C)s1. The summed E-state index contributed by atoms with van der Waals surface area (Å²) in [6, 6.07) is 8.86. The van der Waals surface area contributed by atoms with E-state index >= 15 is 0 Å². The van der Waals surface area contributed by atoms with Gasteiger partial charge in [-0.25, -0.2) is 9.98 Å². The number of pyridine rings is 1. The van der Waals surface area contributed by atoms with Crippen LogP contribution in [-0.4, -0.2) is 21.3 Å². The van der Waals surface area contributed by atoms with Crippen LogP contribution in [0, 0.1) is 13.8 Å². The second kappa shape index (κ2) is 8.98. The lowest BCUT2D eigenvalue weighted by atomic mass is 10.1. The third-order valence-electron chi connectivity index (χ3n) is 4.49. The molecule has 0 amide bonds. The van der Waals surface area contributed by atoms with E-state index < -0.39 is 17.9 Å². The molecule has 1 N–H and O–H groups in total. The number of halogens is 3. The van der Waals surface area contributed by atoms with Gasteiger partial charge in [0.1, 0.15) is 5.69 Å². The molecule has 3 heterocycles. The minimum Gasteiger partial charge on any atom is -0.846 e. The van der Waals surface area contributed by atoms with Crippen LogP contribution in [0.4, 0.5) is 24.7 Å². The maximum absolute atomic E-state index is 12.7. The van der Waals surface area contributed by atoms with E-state index in [4.69, 9.17) is 4.52 Å². The summed E-state index contributed by atoms with van der Waals surface area (Å²) in [5, 5.41) is 19.1. The summed E-state index contributed by atoms with van der Waals surface area (Å²) in [4.78, 5) is 12.6. The van der Waals surface area contributed by atoms with Gasteiger partial charge in [0.05, 0.1) is 16.7 Å². The maximum atomic E-state index is 12.7. The summed E-state index contributed by atoms with van der Waals surface area (Å²) < 4.78 is 44.7. The quantitative estimate of drug-likeness (QED) is 0.269. The molecule has 0 atom stereocenters. The van der Waals surface area contributed by atoms with Crippen LogP contribution in [0.15, 0.2) is 58.3 Å². The van der Waals surface area contributed by atoms with Crippen molar-refractivity contribution in [1.29, 1.82) is 0 Å². The zero-order valence-electron chi connectivity index (χ0n) is 17.4. The lowest BCUT2D eigenvalue weighted by molar-refractivity contribution is -0.754. The van der Waals surface area contributed by atoms with Gasteiger partial charge in [0.25, 0.3) is 6.20 Å². The Labute approximate surface area is 190 Å². The van der Waals surface area contributed by atoms with Crippen LogP contribution < -0.4 is 15.1 Å². The van der Waals surface area contributed by atoms with Crippen molar-refractivity contribution in [2.75, 3.05) is 5.32 Å². The normalized spacial score (nSPS) is 12.2. The first-order valence-electron chi connectivity index (χ1n) is 9.63. The lowest BCUT2D eigenvalue weighted by Gasteiger charge is -2.13. The Hall–Kier alpha value is -3.80. The molecular formula is C21H17F3N6O2S. The summed E-state index contributed by atoms with van der Waals surface area (Å²) in [6.45, 7) is 4.37. The average molecular weight is 474 g/mol. The topological polar surface area (TPSA) is 103 Å². The summed E-state index contributed by atoms with van der Waals surface area (Å²) >= 11 is 1.65. The molecule has 0 saturated carbocycles. The second-order valence-corrected chi connectivity index (χ2v) is 8.45. The molecule has 0 bridgehead atoms. The highest BCUT2D eigenvalue weighted by Gasteiger charge is 2.32. The Bertz CT molecular complexity index is 1300. The number of rotatable bonds is 5. The van der Waals surface area contributed by atoms with Gasteiger partial charge in [-0.3, -0.25) is 9.51 Å². The van der Waals surface area contributed by atoms with E-state index in [1.54, 1.807) is 11.3 Å². The van der Waals surface area contributed by atoms with E-state index in [2.05, 4.69) is 25.5 Å². The first-order chi connectivity index (χ1) is 15.7. The monoisotopic (exact) mass is 474 g/mol. The van der Waals surface area contributed by atoms with Crippen LogP contribution >= 0.6 is 11.3 Å². The average Bonchev–Trinajstić information content (AvgIpc) is 3.33. The molecule has 4 aromatic rings. The van der Waals surface area contributed by atoms with E-state index in [-0.39, 0.29) is 11.6 Å². The fourth-order valence-corrected chi connectivity index (χ4v) is 3.90. The van der Waals surface area contributed by atoms with Crippen molar-refractivity contribution in [2.45, 2.75) is 26.6 Å². The first-order valence-corrected chi connectivity index (χ1v) is 10.4. The fourth-order valence-electron chi connectivity index (χ4n) is 3.06. The summed E-state index contributed by atoms with van der Waals surface area (Å²) in [7, 11) is 0. The van der Waals surface area contributed by atoms with Crippen LogP contribution in [-0.2, 0) is 12.7 Å². The number of hydrogen-bond donors (Lipinski definition) is 1. The zero-order chi connectivity index (χ0) is 23.6. The number of nitrogens with one attached hydrogen (secondary N) is 1. The Balaban J connectivity index is 1.41. The van der Waals surface area contributed by atoms with Gasteiger partial charge in [-0.2, -0.15) is 13.2 Å². The van der Waals surface area contributed by atoms with E-state index in [0.29, 0.717) is 12.6 Å². The molecule has 0 fully saturated rings. The van der Waals surface area contributed by atoms with Crippen molar-refractivity contribution in [3.8, 4) is 11.3 Å². The number of aliphatic imine (C=N–C) groups is 1. The minimum atomic E-state index is -4.62. The highest BCUT2D eigenvalue weighted by atomic mass is 32.1. The van der Waals surface area contributed by atoms with Gasteiger partial charge in [0, 0.05) is 27.9 Å². The molecule has 0 saturated heterocycles. The Morgan fingerprint density at radius 2 is 1.97 bits per heavy atom. The van der Waals surface area contributed by atoms with Crippen molar-refractivity contribution in [1.82, 2.24) is 15.2 Å². The molecule has 1 aromatic carbocycles. The fraction of sp³-hybridized carbons (Fsp3) is 0.190. The Morgan fingerprint density at radius 3 is 2.64 bits per heavy atom. The van der Waals surface area contributed by atoms with Crippen LogP contribution in [0.2, 0.25) is 0 Å². The van der Waals surface area contributed by atoms with Gasteiger partial charge in [0.15, 0.2) is 0 Å². The lowest BCUT2D eigenvalue weighted by Crippen LogP contribution is -2.35. The number of aromatic nitrogens is 4. The molecule has 3 aromatic heterocycles. The molecule has 33 heavy (non-hydrogen) atoms. The van der Waals surface area contributed by atoms with Crippen LogP contribution in [0.25, 0.3) is 11.3 Å². The molecule has 170 valence electrons. The van der Waals surface area contributed by atoms with Crippen LogP contribution in [0.5, 0.6) is 0 Å². The number of anilines is 1. The molecule has 8 nitrogen and oxygen atoms in total. The van der Waals surface area contributed by atoms with Gasteiger partial charge in [-0.05, 0) is 30.7 Å². The van der Waals surface area contributed by atoms with Gasteiger partial charge >= 0.3 is 12.1 Å². The number of aryl methyl sites for hydroxylation is 2. The van der Waals surface area contributed by atoms with E-state index in [1.165, 1.54) is 16.9 Å².